The molecule has 0 unspecified atom stereocenters. The lowest BCUT2D eigenvalue weighted by Gasteiger charge is -2.39. The lowest BCUT2D eigenvalue weighted by Crippen LogP contribution is -2.51. The van der Waals surface area contributed by atoms with E-state index in [4.69, 9.17) is 0 Å². The van der Waals surface area contributed by atoms with E-state index in [0.29, 0.717) is 16.1 Å². The van der Waals surface area contributed by atoms with Crippen molar-refractivity contribution in [1.29, 1.82) is 0 Å². The van der Waals surface area contributed by atoms with Crippen LogP contribution in [0.5, 0.6) is 0 Å². The third-order valence-corrected chi connectivity index (χ3v) is 10.4. The first kappa shape index (κ1) is 27.5. The molecule has 0 aliphatic carbocycles. The van der Waals surface area contributed by atoms with Crippen molar-refractivity contribution in [3.8, 4) is 0 Å². The van der Waals surface area contributed by atoms with Gasteiger partial charge in [-0.1, -0.05) is 92.6 Å². The zero-order valence-electron chi connectivity index (χ0n) is 24.4. The van der Waals surface area contributed by atoms with Gasteiger partial charge in [0.1, 0.15) is 11.5 Å². The summed E-state index contributed by atoms with van der Waals surface area (Å²) in [5.41, 5.74) is 4.81. The molecule has 1 spiro atoms. The molecule has 1 amide bonds. The Hall–Kier alpha value is -4.29. The number of hydrogen-bond donors (Lipinski definition) is 1. The Balaban J connectivity index is 1.45. The molecule has 5 nitrogen and oxygen atoms in total. The lowest BCUT2D eigenvalue weighted by atomic mass is 9.64. The van der Waals surface area contributed by atoms with Crippen LogP contribution >= 0.6 is 11.3 Å². The summed E-state index contributed by atoms with van der Waals surface area (Å²) in [5, 5.41) is 5.00. The number of nitrogens with zero attached hydrogens (tertiary/aromatic N) is 1. The van der Waals surface area contributed by atoms with Gasteiger partial charge in [0.05, 0.1) is 16.8 Å². The predicted molar refractivity (Wildman–Crippen MR) is 173 cm³/mol. The van der Waals surface area contributed by atoms with Crippen LogP contribution in [0.2, 0.25) is 0 Å². The number of thiophene rings is 1. The second-order valence-electron chi connectivity index (χ2n) is 11.9. The highest BCUT2D eigenvalue weighted by molar-refractivity contribution is 7.12. The average Bonchev–Trinajstić information content (AvgIpc) is 3.74. The Morgan fingerprint density at radius 2 is 1.67 bits per heavy atom. The topological polar surface area (TPSA) is 66.5 Å². The average molecular weight is 587 g/mol. The first-order chi connectivity index (χ1) is 21.0. The molecule has 3 aliphatic heterocycles. The van der Waals surface area contributed by atoms with Crippen LogP contribution in [-0.4, -0.2) is 29.6 Å². The van der Waals surface area contributed by atoms with E-state index in [1.165, 1.54) is 16.9 Å². The molecular formula is C37H34N2O3S. The van der Waals surface area contributed by atoms with Gasteiger partial charge in [-0.3, -0.25) is 14.4 Å². The number of Topliss-reactive ketones (excluding diaryl/α,β-unsaturated/α-hetero) is 2. The highest BCUT2D eigenvalue weighted by Gasteiger charge is 2.70. The van der Waals surface area contributed by atoms with E-state index in [1.807, 2.05) is 97.2 Å². The fourth-order valence-electron chi connectivity index (χ4n) is 7.55. The Morgan fingerprint density at radius 1 is 0.907 bits per heavy atom. The van der Waals surface area contributed by atoms with Gasteiger partial charge in [-0.2, -0.15) is 0 Å². The predicted octanol–water partition coefficient (Wildman–Crippen LogP) is 7.73. The van der Waals surface area contributed by atoms with E-state index in [1.54, 1.807) is 0 Å². The normalized spacial score (nSPS) is 23.4. The molecule has 4 atom stereocenters. The molecule has 3 aliphatic rings. The van der Waals surface area contributed by atoms with Gasteiger partial charge in [-0.15, -0.1) is 11.3 Å². The van der Waals surface area contributed by atoms with Gasteiger partial charge in [0, 0.05) is 22.5 Å². The summed E-state index contributed by atoms with van der Waals surface area (Å²) in [6.45, 7) is 4.23. The number of nitrogens with one attached hydrogen (secondary N) is 1. The fraction of sp³-hybridized carbons (Fsp3) is 0.270. The van der Waals surface area contributed by atoms with E-state index in [0.717, 1.165) is 48.1 Å². The van der Waals surface area contributed by atoms with Crippen LogP contribution in [0.4, 0.5) is 11.4 Å². The molecule has 43 heavy (non-hydrogen) atoms. The fourth-order valence-corrected chi connectivity index (χ4v) is 8.24. The van der Waals surface area contributed by atoms with E-state index in [-0.39, 0.29) is 17.5 Å². The number of carbonyl (C=O) groups is 3. The highest BCUT2D eigenvalue weighted by atomic mass is 32.1. The number of fused-ring (bicyclic) bond motifs is 6. The van der Waals surface area contributed by atoms with Crippen LogP contribution in [0, 0.1) is 5.92 Å². The number of aryl methyl sites for hydroxylation is 1. The second kappa shape index (κ2) is 10.8. The molecule has 3 aromatic carbocycles. The standard InChI is InChI=1S/C37H34N2O3S/c1-3-4-5-11-24-17-19-25(20-18-24)34(40)32-33(35(41)30-16-10-21-43-30)39-29-15-9-6-12-26(29)23(2)22-31(39)37(32)27-13-7-8-14-28(27)38-36(37)42/h6-10,12-22,31-33H,3-5,11H2,1-2H3,(H,38,42)/t31-,32+,33-,37+/m1/s1. The number of carbonyl (C=O) groups excluding carboxylic acids is 3. The van der Waals surface area contributed by atoms with Crippen molar-refractivity contribution in [2.75, 3.05) is 10.2 Å². The number of anilines is 2. The van der Waals surface area contributed by atoms with Gasteiger partial charge >= 0.3 is 0 Å². The van der Waals surface area contributed by atoms with E-state index in [2.05, 4.69) is 23.2 Å². The maximum atomic E-state index is 15.0. The van der Waals surface area contributed by atoms with Crippen LogP contribution in [0.3, 0.4) is 0 Å². The molecule has 1 saturated heterocycles. The zero-order chi connectivity index (χ0) is 29.7. The Kier molecular flexibility index (Phi) is 6.89. The number of hydrogen-bond acceptors (Lipinski definition) is 5. The van der Waals surface area contributed by atoms with Crippen molar-refractivity contribution in [2.45, 2.75) is 57.0 Å². The zero-order valence-corrected chi connectivity index (χ0v) is 25.2. The van der Waals surface area contributed by atoms with Gasteiger partial charge in [-0.25, -0.2) is 0 Å². The van der Waals surface area contributed by atoms with Gasteiger partial charge < -0.3 is 10.2 Å². The first-order valence-corrected chi connectivity index (χ1v) is 16.0. The minimum absolute atomic E-state index is 0.133. The molecule has 0 saturated carbocycles. The molecule has 4 aromatic rings. The molecule has 4 heterocycles. The van der Waals surface area contributed by atoms with Crippen LogP contribution < -0.4 is 10.2 Å². The molecule has 1 aromatic heterocycles. The molecule has 0 bridgehead atoms. The number of unbranched alkanes of at least 4 members (excludes halogenated alkanes) is 2. The number of para-hydroxylation sites is 2. The smallest absolute Gasteiger partial charge is 0.238 e. The summed E-state index contributed by atoms with van der Waals surface area (Å²) >= 11 is 1.37. The van der Waals surface area contributed by atoms with Crippen LogP contribution in [0.1, 0.15) is 69.8 Å². The maximum absolute atomic E-state index is 15.0. The Morgan fingerprint density at radius 3 is 2.44 bits per heavy atom. The minimum atomic E-state index is -1.29. The summed E-state index contributed by atoms with van der Waals surface area (Å²) in [7, 11) is 0. The molecule has 7 rings (SSSR count). The number of ketones is 2. The van der Waals surface area contributed by atoms with Gasteiger partial charge in [0.25, 0.3) is 0 Å². The van der Waals surface area contributed by atoms with E-state index < -0.39 is 23.4 Å². The molecule has 0 radical (unpaired) electrons. The summed E-state index contributed by atoms with van der Waals surface area (Å²) in [4.78, 5) is 46.8. The largest absolute Gasteiger partial charge is 0.352 e. The van der Waals surface area contributed by atoms with E-state index >= 15 is 0 Å². The van der Waals surface area contributed by atoms with E-state index in [9.17, 15) is 14.4 Å². The maximum Gasteiger partial charge on any atom is 0.238 e. The first-order valence-electron chi connectivity index (χ1n) is 15.1. The third-order valence-electron chi connectivity index (χ3n) is 9.51. The molecule has 216 valence electrons. The Labute approximate surface area is 256 Å². The van der Waals surface area contributed by atoms with Crippen molar-refractivity contribution >= 4 is 45.8 Å². The second-order valence-corrected chi connectivity index (χ2v) is 12.8. The van der Waals surface area contributed by atoms with Crippen molar-refractivity contribution in [1.82, 2.24) is 0 Å². The summed E-state index contributed by atoms with van der Waals surface area (Å²) < 4.78 is 0. The molecule has 6 heteroatoms. The van der Waals surface area contributed by atoms with Gasteiger partial charge in [-0.05, 0) is 60.0 Å². The van der Waals surface area contributed by atoms with Crippen LogP contribution in [-0.2, 0) is 16.6 Å². The summed E-state index contributed by atoms with van der Waals surface area (Å²) in [5.74, 6) is -1.49. The van der Waals surface area contributed by atoms with Crippen molar-refractivity contribution in [2.24, 2.45) is 5.92 Å². The summed E-state index contributed by atoms with van der Waals surface area (Å²) in [6, 6.07) is 25.8. The lowest BCUT2D eigenvalue weighted by molar-refractivity contribution is -0.121. The van der Waals surface area contributed by atoms with Crippen molar-refractivity contribution in [3.63, 3.8) is 0 Å². The molecule has 1 fully saturated rings. The van der Waals surface area contributed by atoms with Gasteiger partial charge in [0.15, 0.2) is 11.6 Å². The van der Waals surface area contributed by atoms with Crippen LogP contribution in [0.15, 0.2) is 96.4 Å². The van der Waals surface area contributed by atoms with Gasteiger partial charge in [0.2, 0.25) is 5.91 Å². The number of rotatable bonds is 8. The number of benzene rings is 3. The number of allylic oxidation sites excluding steroid dienone is 1. The quantitative estimate of drug-likeness (QED) is 0.170. The minimum Gasteiger partial charge on any atom is -0.352 e. The van der Waals surface area contributed by atoms with Crippen molar-refractivity contribution in [3.05, 3.63) is 124 Å². The highest BCUT2D eigenvalue weighted by Crippen LogP contribution is 2.58. The van der Waals surface area contributed by atoms with Crippen molar-refractivity contribution < 1.29 is 14.4 Å². The monoisotopic (exact) mass is 586 g/mol. The van der Waals surface area contributed by atoms with Crippen LogP contribution in [0.25, 0.3) is 5.57 Å². The molecule has 1 N–H and O–H groups in total. The summed E-state index contributed by atoms with van der Waals surface area (Å²) in [6.07, 6.45) is 6.48. The SMILES string of the molecule is CCCCCc1ccc(C(=O)[C@@H]2[C@H](C(=O)c3cccs3)N3c4ccccc4C(C)=C[C@@H]3[C@]23C(=O)Nc2ccccc23)cc1. The Bertz CT molecular complexity index is 1760. The third kappa shape index (κ3) is 4.14. The number of amides is 1. The molecular weight excluding hydrogens is 552 g/mol.